The number of carbonyl (C=O) groups is 1. The van der Waals surface area contributed by atoms with Gasteiger partial charge in [-0.05, 0) is 43.7 Å². The van der Waals surface area contributed by atoms with Crippen molar-refractivity contribution in [3.05, 3.63) is 30.3 Å². The minimum Gasteiger partial charge on any atom is -0.494 e. The van der Waals surface area contributed by atoms with Crippen LogP contribution in [0.3, 0.4) is 0 Å². The van der Waals surface area contributed by atoms with E-state index in [1.165, 1.54) is 6.42 Å². The fraction of sp³-hybridized carbons (Fsp3) is 0.611. The molecule has 0 bridgehead atoms. The molecule has 3 nitrogen and oxygen atoms in total. The van der Waals surface area contributed by atoms with Crippen molar-refractivity contribution in [3.63, 3.8) is 0 Å². The molecule has 1 aliphatic rings. The summed E-state index contributed by atoms with van der Waals surface area (Å²) >= 11 is 0. The van der Waals surface area contributed by atoms with Gasteiger partial charge in [0.05, 0.1) is 12.0 Å². The Morgan fingerprint density at radius 2 is 2.14 bits per heavy atom. The first-order chi connectivity index (χ1) is 10.2. The first-order valence-corrected chi connectivity index (χ1v) is 8.07. The van der Waals surface area contributed by atoms with Crippen LogP contribution in [-0.4, -0.2) is 17.7 Å². The van der Waals surface area contributed by atoms with E-state index in [1.54, 1.807) is 0 Å². The molecular formula is C18H26O3. The number of para-hydroxylation sites is 1. The second kappa shape index (κ2) is 7.48. The van der Waals surface area contributed by atoms with E-state index in [2.05, 4.69) is 6.92 Å². The highest BCUT2D eigenvalue weighted by atomic mass is 16.5. The maximum absolute atomic E-state index is 11.8. The third kappa shape index (κ3) is 4.23. The van der Waals surface area contributed by atoms with E-state index in [1.807, 2.05) is 30.3 Å². The third-order valence-corrected chi connectivity index (χ3v) is 4.79. The van der Waals surface area contributed by atoms with E-state index in [9.17, 15) is 9.90 Å². The van der Waals surface area contributed by atoms with Crippen molar-refractivity contribution < 1.29 is 14.6 Å². The lowest BCUT2D eigenvalue weighted by Gasteiger charge is -2.37. The summed E-state index contributed by atoms with van der Waals surface area (Å²) in [6.45, 7) is 2.76. The van der Waals surface area contributed by atoms with Crippen molar-refractivity contribution in [2.45, 2.75) is 51.9 Å². The van der Waals surface area contributed by atoms with Crippen LogP contribution in [0.15, 0.2) is 30.3 Å². The van der Waals surface area contributed by atoms with E-state index >= 15 is 0 Å². The highest BCUT2D eigenvalue weighted by molar-refractivity contribution is 5.74. The lowest BCUT2D eigenvalue weighted by atomic mass is 9.66. The van der Waals surface area contributed by atoms with E-state index < -0.39 is 11.4 Å². The van der Waals surface area contributed by atoms with Crippen molar-refractivity contribution in [1.82, 2.24) is 0 Å². The van der Waals surface area contributed by atoms with Crippen LogP contribution in [-0.2, 0) is 4.79 Å². The first-order valence-electron chi connectivity index (χ1n) is 8.07. The van der Waals surface area contributed by atoms with Crippen LogP contribution >= 0.6 is 0 Å². The molecule has 1 aromatic rings. The largest absolute Gasteiger partial charge is 0.494 e. The quantitative estimate of drug-likeness (QED) is 0.751. The zero-order valence-corrected chi connectivity index (χ0v) is 12.9. The molecule has 1 N–H and O–H groups in total. The monoisotopic (exact) mass is 290 g/mol. The molecule has 3 heteroatoms. The lowest BCUT2D eigenvalue weighted by Crippen LogP contribution is -2.36. The van der Waals surface area contributed by atoms with Gasteiger partial charge in [-0.2, -0.15) is 0 Å². The highest BCUT2D eigenvalue weighted by Crippen LogP contribution is 2.44. The van der Waals surface area contributed by atoms with Gasteiger partial charge in [-0.25, -0.2) is 0 Å². The van der Waals surface area contributed by atoms with Crippen LogP contribution in [0.1, 0.15) is 51.9 Å². The summed E-state index contributed by atoms with van der Waals surface area (Å²) in [5.41, 5.74) is -0.515. The topological polar surface area (TPSA) is 46.5 Å². The Labute approximate surface area is 127 Å². The van der Waals surface area contributed by atoms with Gasteiger partial charge >= 0.3 is 5.97 Å². The number of ether oxygens (including phenoxy) is 1. The Kier molecular flexibility index (Phi) is 5.66. The van der Waals surface area contributed by atoms with Gasteiger partial charge < -0.3 is 9.84 Å². The maximum Gasteiger partial charge on any atom is 0.309 e. The van der Waals surface area contributed by atoms with Gasteiger partial charge in [0, 0.05) is 0 Å². The SMILES string of the molecule is CCC1CCCC(CCCOc2ccccc2)(C(=O)O)C1. The molecular weight excluding hydrogens is 264 g/mol. The van der Waals surface area contributed by atoms with Crippen molar-refractivity contribution in [2.24, 2.45) is 11.3 Å². The zero-order chi connectivity index (χ0) is 15.1. The molecule has 2 rings (SSSR count). The van der Waals surface area contributed by atoms with Gasteiger partial charge in [0.25, 0.3) is 0 Å². The van der Waals surface area contributed by atoms with E-state index in [0.29, 0.717) is 12.5 Å². The molecule has 0 saturated heterocycles. The minimum atomic E-state index is -0.611. The van der Waals surface area contributed by atoms with E-state index in [4.69, 9.17) is 4.74 Å². The standard InChI is InChI=1S/C18H26O3/c1-2-15-8-6-11-18(14-15,17(19)20)12-7-13-21-16-9-4-3-5-10-16/h3-5,9-10,15H,2,6-8,11-14H2,1H3,(H,19,20). The molecule has 21 heavy (non-hydrogen) atoms. The summed E-state index contributed by atoms with van der Waals surface area (Å²) in [5, 5.41) is 9.68. The normalized spacial score (nSPS) is 25.5. The van der Waals surface area contributed by atoms with Crippen molar-refractivity contribution in [3.8, 4) is 5.75 Å². The molecule has 1 aromatic carbocycles. The number of aliphatic carboxylic acids is 1. The Bertz CT molecular complexity index is 443. The molecule has 0 amide bonds. The minimum absolute atomic E-state index is 0.515. The number of hydrogen-bond donors (Lipinski definition) is 1. The molecule has 0 heterocycles. The zero-order valence-electron chi connectivity index (χ0n) is 12.9. The third-order valence-electron chi connectivity index (χ3n) is 4.79. The first kappa shape index (κ1) is 15.9. The van der Waals surface area contributed by atoms with Crippen LogP contribution in [0.5, 0.6) is 5.75 Å². The van der Waals surface area contributed by atoms with E-state index in [-0.39, 0.29) is 0 Å². The van der Waals surface area contributed by atoms with Gasteiger partial charge in [0.2, 0.25) is 0 Å². The fourth-order valence-electron chi connectivity index (χ4n) is 3.48. The number of carboxylic acid groups (broad SMARTS) is 1. The average Bonchev–Trinajstić information content (AvgIpc) is 2.52. The molecule has 0 radical (unpaired) electrons. The van der Waals surface area contributed by atoms with Crippen molar-refractivity contribution in [1.29, 1.82) is 0 Å². The summed E-state index contributed by atoms with van der Waals surface area (Å²) in [7, 11) is 0. The fourth-order valence-corrected chi connectivity index (χ4v) is 3.48. The van der Waals surface area contributed by atoms with Crippen LogP contribution in [0.4, 0.5) is 0 Å². The molecule has 1 fully saturated rings. The molecule has 0 aliphatic heterocycles. The Morgan fingerprint density at radius 3 is 2.81 bits per heavy atom. The molecule has 1 aliphatic carbocycles. The predicted molar refractivity (Wildman–Crippen MR) is 83.5 cm³/mol. The summed E-state index contributed by atoms with van der Waals surface area (Å²) < 4.78 is 5.68. The lowest BCUT2D eigenvalue weighted by molar-refractivity contribution is -0.153. The van der Waals surface area contributed by atoms with Gasteiger partial charge in [-0.1, -0.05) is 44.4 Å². The molecule has 116 valence electrons. The van der Waals surface area contributed by atoms with Gasteiger partial charge in [0.15, 0.2) is 0 Å². The molecule has 2 unspecified atom stereocenters. The molecule has 0 spiro atoms. The summed E-state index contributed by atoms with van der Waals surface area (Å²) in [4.78, 5) is 11.8. The van der Waals surface area contributed by atoms with Gasteiger partial charge in [-0.15, -0.1) is 0 Å². The number of benzene rings is 1. The number of carboxylic acids is 1. The molecule has 1 saturated carbocycles. The van der Waals surface area contributed by atoms with Crippen LogP contribution < -0.4 is 4.74 Å². The second-order valence-electron chi connectivity index (χ2n) is 6.22. The molecule has 0 aromatic heterocycles. The van der Waals surface area contributed by atoms with Crippen LogP contribution in [0.25, 0.3) is 0 Å². The smallest absolute Gasteiger partial charge is 0.309 e. The predicted octanol–water partition coefficient (Wildman–Crippen LogP) is 4.52. The van der Waals surface area contributed by atoms with Crippen molar-refractivity contribution >= 4 is 5.97 Å². The number of rotatable bonds is 7. The van der Waals surface area contributed by atoms with Gasteiger partial charge in [-0.3, -0.25) is 4.79 Å². The summed E-state index contributed by atoms with van der Waals surface area (Å²) in [6.07, 6.45) is 6.52. The number of hydrogen-bond acceptors (Lipinski definition) is 2. The van der Waals surface area contributed by atoms with Crippen molar-refractivity contribution in [2.75, 3.05) is 6.61 Å². The summed E-state index contributed by atoms with van der Waals surface area (Å²) in [5.74, 6) is 0.821. The van der Waals surface area contributed by atoms with E-state index in [0.717, 1.165) is 44.3 Å². The summed E-state index contributed by atoms with van der Waals surface area (Å²) in [6, 6.07) is 9.71. The Balaban J connectivity index is 1.84. The van der Waals surface area contributed by atoms with Gasteiger partial charge in [0.1, 0.15) is 5.75 Å². The Hall–Kier alpha value is -1.51. The Morgan fingerprint density at radius 1 is 1.38 bits per heavy atom. The van der Waals surface area contributed by atoms with Crippen LogP contribution in [0, 0.1) is 11.3 Å². The molecule has 2 atom stereocenters. The average molecular weight is 290 g/mol. The van der Waals surface area contributed by atoms with Crippen LogP contribution in [0.2, 0.25) is 0 Å². The highest BCUT2D eigenvalue weighted by Gasteiger charge is 2.41. The second-order valence-corrected chi connectivity index (χ2v) is 6.22. The maximum atomic E-state index is 11.8.